The van der Waals surface area contributed by atoms with E-state index in [-0.39, 0.29) is 24.8 Å². The Morgan fingerprint density at radius 2 is 2.05 bits per heavy atom. The number of amides is 1. The third-order valence-corrected chi connectivity index (χ3v) is 3.17. The van der Waals surface area contributed by atoms with Gasteiger partial charge in [-0.15, -0.1) is 0 Å². The Bertz CT molecular complexity index is 460. The van der Waals surface area contributed by atoms with Gasteiger partial charge in [-0.25, -0.2) is 4.79 Å². The van der Waals surface area contributed by atoms with E-state index < -0.39 is 0 Å². The van der Waals surface area contributed by atoms with E-state index in [2.05, 4.69) is 0 Å². The molecule has 0 aliphatic carbocycles. The molecule has 1 aliphatic rings. The summed E-state index contributed by atoms with van der Waals surface area (Å²) in [7, 11) is 0. The lowest BCUT2D eigenvalue weighted by molar-refractivity contribution is -0.148. The smallest absolute Gasteiger partial charge is 0.410 e. The third-order valence-electron chi connectivity index (χ3n) is 3.17. The van der Waals surface area contributed by atoms with E-state index in [4.69, 9.17) is 9.47 Å². The van der Waals surface area contributed by atoms with Gasteiger partial charge in [0.05, 0.1) is 6.54 Å². The van der Waals surface area contributed by atoms with Crippen LogP contribution in [-0.2, 0) is 20.9 Å². The minimum absolute atomic E-state index is 0.217. The van der Waals surface area contributed by atoms with E-state index in [1.54, 1.807) is 4.90 Å². The van der Waals surface area contributed by atoms with Gasteiger partial charge in [0.1, 0.15) is 12.7 Å². The number of likely N-dealkylation sites (tertiary alicyclic amines) is 1. The Morgan fingerprint density at radius 3 is 2.75 bits per heavy atom. The van der Waals surface area contributed by atoms with Crippen LogP contribution in [0.15, 0.2) is 30.3 Å². The van der Waals surface area contributed by atoms with Crippen molar-refractivity contribution in [2.45, 2.75) is 32.5 Å². The zero-order valence-electron chi connectivity index (χ0n) is 11.6. The van der Waals surface area contributed by atoms with Crippen LogP contribution in [0.25, 0.3) is 0 Å². The lowest BCUT2D eigenvalue weighted by Gasteiger charge is -2.31. The van der Waals surface area contributed by atoms with Gasteiger partial charge in [0.15, 0.2) is 0 Å². The summed E-state index contributed by atoms with van der Waals surface area (Å²) in [5, 5.41) is 0. The fourth-order valence-electron chi connectivity index (χ4n) is 2.25. The van der Waals surface area contributed by atoms with Gasteiger partial charge < -0.3 is 14.4 Å². The van der Waals surface area contributed by atoms with Crippen LogP contribution < -0.4 is 0 Å². The number of hydrogen-bond donors (Lipinski definition) is 0. The molecule has 1 aromatic rings. The molecule has 1 saturated heterocycles. The molecular weight excluding hydrogens is 258 g/mol. The number of rotatable bonds is 3. The van der Waals surface area contributed by atoms with E-state index in [1.807, 2.05) is 30.3 Å². The summed E-state index contributed by atoms with van der Waals surface area (Å²) in [5.41, 5.74) is 0.953. The number of hydrogen-bond acceptors (Lipinski definition) is 4. The van der Waals surface area contributed by atoms with Crippen molar-refractivity contribution in [3.05, 3.63) is 35.9 Å². The Balaban J connectivity index is 1.81. The first-order valence-electron chi connectivity index (χ1n) is 6.78. The summed E-state index contributed by atoms with van der Waals surface area (Å²) in [6, 6.07) is 9.54. The molecule has 1 aromatic carbocycles. The average Bonchev–Trinajstić information content (AvgIpc) is 2.45. The van der Waals surface area contributed by atoms with Crippen LogP contribution >= 0.6 is 0 Å². The van der Waals surface area contributed by atoms with Crippen LogP contribution in [-0.4, -0.2) is 36.2 Å². The van der Waals surface area contributed by atoms with Crippen LogP contribution in [0, 0.1) is 0 Å². The maximum atomic E-state index is 12.0. The monoisotopic (exact) mass is 277 g/mol. The molecule has 1 heterocycles. The molecule has 1 amide bonds. The SMILES string of the molecule is CC(=O)OC1CCCN(C(=O)OCc2ccccc2)C1. The lowest BCUT2D eigenvalue weighted by atomic mass is 10.1. The number of esters is 1. The predicted octanol–water partition coefficient (Wildman–Crippen LogP) is 2.35. The van der Waals surface area contributed by atoms with Crippen molar-refractivity contribution < 1.29 is 19.1 Å². The summed E-state index contributed by atoms with van der Waals surface area (Å²) in [6.07, 6.45) is 1.04. The molecule has 5 nitrogen and oxygen atoms in total. The fourth-order valence-corrected chi connectivity index (χ4v) is 2.25. The molecule has 2 rings (SSSR count). The molecule has 108 valence electrons. The lowest BCUT2D eigenvalue weighted by Crippen LogP contribution is -2.43. The number of benzene rings is 1. The molecule has 0 aromatic heterocycles. The maximum Gasteiger partial charge on any atom is 0.410 e. The molecule has 0 bridgehead atoms. The second-order valence-electron chi connectivity index (χ2n) is 4.86. The van der Waals surface area contributed by atoms with Crippen LogP contribution in [0.4, 0.5) is 4.79 Å². The van der Waals surface area contributed by atoms with Crippen molar-refractivity contribution in [3.8, 4) is 0 Å². The molecule has 0 radical (unpaired) electrons. The number of carbonyl (C=O) groups excluding carboxylic acids is 2. The van der Waals surface area contributed by atoms with Gasteiger partial charge in [-0.2, -0.15) is 0 Å². The van der Waals surface area contributed by atoms with Crippen LogP contribution in [0.1, 0.15) is 25.3 Å². The molecule has 0 spiro atoms. The number of carbonyl (C=O) groups is 2. The molecule has 1 unspecified atom stereocenters. The van der Waals surface area contributed by atoms with Crippen LogP contribution in [0.2, 0.25) is 0 Å². The molecular formula is C15H19NO4. The summed E-state index contributed by atoms with van der Waals surface area (Å²) < 4.78 is 10.4. The molecule has 1 fully saturated rings. The average molecular weight is 277 g/mol. The quantitative estimate of drug-likeness (QED) is 0.796. The third kappa shape index (κ3) is 4.26. The van der Waals surface area contributed by atoms with Crippen molar-refractivity contribution in [1.82, 2.24) is 4.90 Å². The fraction of sp³-hybridized carbons (Fsp3) is 0.467. The Hall–Kier alpha value is -2.04. The zero-order valence-corrected chi connectivity index (χ0v) is 11.6. The number of nitrogens with zero attached hydrogens (tertiary/aromatic N) is 1. The minimum atomic E-state index is -0.356. The molecule has 0 saturated carbocycles. The minimum Gasteiger partial charge on any atom is -0.461 e. The Labute approximate surface area is 118 Å². The summed E-state index contributed by atoms with van der Waals surface area (Å²) in [4.78, 5) is 24.5. The standard InChI is InChI=1S/C15H19NO4/c1-12(17)20-14-8-5-9-16(10-14)15(18)19-11-13-6-3-2-4-7-13/h2-4,6-7,14H,5,8-11H2,1H3. The molecule has 20 heavy (non-hydrogen) atoms. The highest BCUT2D eigenvalue weighted by atomic mass is 16.6. The highest BCUT2D eigenvalue weighted by Crippen LogP contribution is 2.15. The zero-order chi connectivity index (χ0) is 14.4. The normalized spacial score (nSPS) is 18.4. The van der Waals surface area contributed by atoms with Crippen molar-refractivity contribution >= 4 is 12.1 Å². The van der Waals surface area contributed by atoms with E-state index >= 15 is 0 Å². The first-order valence-corrected chi connectivity index (χ1v) is 6.78. The summed E-state index contributed by atoms with van der Waals surface area (Å²) in [6.45, 7) is 2.69. The molecule has 1 atom stereocenters. The largest absolute Gasteiger partial charge is 0.461 e. The topological polar surface area (TPSA) is 55.8 Å². The van der Waals surface area contributed by atoms with E-state index in [0.29, 0.717) is 13.1 Å². The van der Waals surface area contributed by atoms with Gasteiger partial charge in [-0.1, -0.05) is 30.3 Å². The molecule has 1 aliphatic heterocycles. The maximum absolute atomic E-state index is 12.0. The first-order chi connectivity index (χ1) is 9.65. The number of piperidine rings is 1. The second kappa shape index (κ2) is 6.93. The Morgan fingerprint density at radius 1 is 1.30 bits per heavy atom. The summed E-state index contributed by atoms with van der Waals surface area (Å²) in [5.74, 6) is -0.311. The van der Waals surface area contributed by atoms with E-state index in [0.717, 1.165) is 18.4 Å². The van der Waals surface area contributed by atoms with Crippen molar-refractivity contribution in [1.29, 1.82) is 0 Å². The van der Waals surface area contributed by atoms with E-state index in [9.17, 15) is 9.59 Å². The molecule has 0 N–H and O–H groups in total. The van der Waals surface area contributed by atoms with Crippen molar-refractivity contribution in [2.24, 2.45) is 0 Å². The van der Waals surface area contributed by atoms with Crippen LogP contribution in [0.3, 0.4) is 0 Å². The van der Waals surface area contributed by atoms with Crippen molar-refractivity contribution in [3.63, 3.8) is 0 Å². The predicted molar refractivity (Wildman–Crippen MR) is 73.0 cm³/mol. The van der Waals surface area contributed by atoms with Gasteiger partial charge in [-0.05, 0) is 18.4 Å². The highest BCUT2D eigenvalue weighted by Gasteiger charge is 2.26. The second-order valence-corrected chi connectivity index (χ2v) is 4.86. The van der Waals surface area contributed by atoms with Gasteiger partial charge in [0, 0.05) is 13.5 Å². The summed E-state index contributed by atoms with van der Waals surface area (Å²) >= 11 is 0. The van der Waals surface area contributed by atoms with Crippen molar-refractivity contribution in [2.75, 3.05) is 13.1 Å². The first kappa shape index (κ1) is 14.4. The van der Waals surface area contributed by atoms with Gasteiger partial charge in [-0.3, -0.25) is 4.79 Å². The number of ether oxygens (including phenoxy) is 2. The molecule has 5 heteroatoms. The Kier molecular flexibility index (Phi) is 4.98. The van der Waals surface area contributed by atoms with Gasteiger partial charge >= 0.3 is 12.1 Å². The van der Waals surface area contributed by atoms with E-state index in [1.165, 1.54) is 6.92 Å². The van der Waals surface area contributed by atoms with Gasteiger partial charge in [0.2, 0.25) is 0 Å². The highest BCUT2D eigenvalue weighted by molar-refractivity contribution is 5.68. The van der Waals surface area contributed by atoms with Crippen LogP contribution in [0.5, 0.6) is 0 Å². The van der Waals surface area contributed by atoms with Gasteiger partial charge in [0.25, 0.3) is 0 Å².